The van der Waals surface area contributed by atoms with Gasteiger partial charge in [-0.15, -0.1) is 0 Å². The van der Waals surface area contributed by atoms with Crippen LogP contribution in [-0.2, 0) is 23.9 Å². The van der Waals surface area contributed by atoms with E-state index in [0.717, 1.165) is 0 Å². The number of methoxy groups -OCH3 is 1. The number of nitrogens with one attached hydrogen (secondary N) is 1. The number of allylic oxidation sites excluding steroid dienone is 3. The Balaban J connectivity index is 2.18. The average molecular weight is 415 g/mol. The van der Waals surface area contributed by atoms with E-state index in [4.69, 9.17) is 9.47 Å². The fraction of sp³-hybridized carbons (Fsp3) is 0.435. The standard InChI is InChI=1S/C23H26FNO5/c1-5-10-30-23(28)18-13(3)25-16-11-12(2)17(22(27)29-4)21(26)20(16)19(18)14-8-6-7-9-15(14)24/h6-9,12,17,19,25H,5,10-11H2,1-4H3/t12-,17-,19-/m1/s1. The van der Waals surface area contributed by atoms with Crippen LogP contribution in [0.2, 0.25) is 0 Å². The number of hydrogen-bond acceptors (Lipinski definition) is 6. The fourth-order valence-electron chi connectivity index (χ4n) is 4.24. The van der Waals surface area contributed by atoms with Crippen LogP contribution in [0, 0.1) is 17.7 Å². The molecule has 3 atom stereocenters. The van der Waals surface area contributed by atoms with Crippen molar-refractivity contribution in [3.63, 3.8) is 0 Å². The Kier molecular flexibility index (Phi) is 6.39. The molecule has 30 heavy (non-hydrogen) atoms. The molecule has 1 aromatic carbocycles. The molecule has 2 aliphatic rings. The van der Waals surface area contributed by atoms with Crippen molar-refractivity contribution in [2.75, 3.05) is 13.7 Å². The van der Waals surface area contributed by atoms with Gasteiger partial charge in [0.15, 0.2) is 5.78 Å². The van der Waals surface area contributed by atoms with Gasteiger partial charge in [-0.25, -0.2) is 9.18 Å². The molecule has 1 heterocycles. The predicted octanol–water partition coefficient (Wildman–Crippen LogP) is 3.39. The highest BCUT2D eigenvalue weighted by Crippen LogP contribution is 2.45. The Morgan fingerprint density at radius 3 is 2.60 bits per heavy atom. The van der Waals surface area contributed by atoms with Crippen LogP contribution in [0.3, 0.4) is 0 Å². The second kappa shape index (κ2) is 8.81. The van der Waals surface area contributed by atoms with Crippen molar-refractivity contribution >= 4 is 17.7 Å². The third-order valence-corrected chi connectivity index (χ3v) is 5.62. The molecule has 1 aliphatic carbocycles. The first kappa shape index (κ1) is 21.7. The molecule has 0 aromatic heterocycles. The van der Waals surface area contributed by atoms with Crippen molar-refractivity contribution in [2.45, 2.75) is 39.5 Å². The van der Waals surface area contributed by atoms with Gasteiger partial charge in [-0.1, -0.05) is 32.0 Å². The van der Waals surface area contributed by atoms with E-state index >= 15 is 0 Å². The Morgan fingerprint density at radius 2 is 1.97 bits per heavy atom. The number of hydrogen-bond donors (Lipinski definition) is 1. The van der Waals surface area contributed by atoms with Crippen LogP contribution in [-0.4, -0.2) is 31.4 Å². The number of Topliss-reactive ketones (excluding diaryl/α,β-unsaturated/α-hetero) is 1. The normalized spacial score (nSPS) is 23.6. The molecule has 0 spiro atoms. The highest BCUT2D eigenvalue weighted by Gasteiger charge is 2.47. The molecule has 160 valence electrons. The molecule has 0 saturated carbocycles. The first-order chi connectivity index (χ1) is 14.3. The molecular formula is C23H26FNO5. The lowest BCUT2D eigenvalue weighted by Gasteiger charge is -2.38. The van der Waals surface area contributed by atoms with E-state index < -0.39 is 35.4 Å². The Bertz CT molecular complexity index is 949. The lowest BCUT2D eigenvalue weighted by Crippen LogP contribution is -2.43. The third-order valence-electron chi connectivity index (χ3n) is 5.62. The average Bonchev–Trinajstić information content (AvgIpc) is 2.71. The summed E-state index contributed by atoms with van der Waals surface area (Å²) in [6.45, 7) is 5.59. The fourth-order valence-corrected chi connectivity index (χ4v) is 4.24. The highest BCUT2D eigenvalue weighted by atomic mass is 19.1. The minimum atomic E-state index is -1.00. The number of carbonyl (C=O) groups excluding carboxylic acids is 3. The zero-order valence-electron chi connectivity index (χ0n) is 17.6. The van der Waals surface area contributed by atoms with E-state index in [9.17, 15) is 18.8 Å². The van der Waals surface area contributed by atoms with E-state index in [-0.39, 0.29) is 29.2 Å². The summed E-state index contributed by atoms with van der Waals surface area (Å²) in [6, 6.07) is 6.03. The molecule has 6 nitrogen and oxygen atoms in total. The number of carbonyl (C=O) groups is 3. The maximum atomic E-state index is 14.9. The summed E-state index contributed by atoms with van der Waals surface area (Å²) in [6.07, 6.45) is 1.03. The lowest BCUT2D eigenvalue weighted by molar-refractivity contribution is -0.151. The van der Waals surface area contributed by atoms with Crippen LogP contribution in [0.25, 0.3) is 0 Å². The monoisotopic (exact) mass is 415 g/mol. The molecule has 0 saturated heterocycles. The molecule has 3 rings (SSSR count). The van der Waals surface area contributed by atoms with Crippen LogP contribution in [0.1, 0.15) is 45.1 Å². The molecule has 1 aliphatic heterocycles. The highest BCUT2D eigenvalue weighted by molar-refractivity contribution is 6.12. The summed E-state index contributed by atoms with van der Waals surface area (Å²) in [4.78, 5) is 38.7. The topological polar surface area (TPSA) is 81.7 Å². The van der Waals surface area contributed by atoms with E-state index in [1.165, 1.54) is 13.2 Å². The summed E-state index contributed by atoms with van der Waals surface area (Å²) in [5, 5.41) is 3.15. The number of rotatable bonds is 5. The van der Waals surface area contributed by atoms with Crippen molar-refractivity contribution in [1.29, 1.82) is 0 Å². The summed E-state index contributed by atoms with van der Waals surface area (Å²) < 4.78 is 25.0. The van der Waals surface area contributed by atoms with Gasteiger partial charge < -0.3 is 14.8 Å². The zero-order chi connectivity index (χ0) is 22.0. The number of benzene rings is 1. The molecule has 0 fully saturated rings. The van der Waals surface area contributed by atoms with Crippen LogP contribution >= 0.6 is 0 Å². The first-order valence-electron chi connectivity index (χ1n) is 10.1. The van der Waals surface area contributed by atoms with Crippen LogP contribution in [0.15, 0.2) is 46.8 Å². The molecule has 0 radical (unpaired) electrons. The van der Waals surface area contributed by atoms with Gasteiger partial charge in [-0.3, -0.25) is 9.59 Å². The van der Waals surface area contributed by atoms with E-state index in [1.54, 1.807) is 32.0 Å². The predicted molar refractivity (Wildman–Crippen MR) is 108 cm³/mol. The van der Waals surface area contributed by atoms with Gasteiger partial charge >= 0.3 is 11.9 Å². The second-order valence-electron chi connectivity index (χ2n) is 7.69. The van der Waals surface area contributed by atoms with Crippen molar-refractivity contribution in [2.24, 2.45) is 11.8 Å². The number of halogens is 1. The number of dihydropyridines is 1. The molecule has 0 bridgehead atoms. The molecule has 0 unspecified atom stereocenters. The molecule has 0 amide bonds. The SMILES string of the molecule is CCCOC(=O)C1=C(C)NC2=C(C(=O)[C@H](C(=O)OC)[C@H](C)C2)[C@@H]1c1ccccc1F. The van der Waals surface area contributed by atoms with E-state index in [2.05, 4.69) is 5.32 Å². The summed E-state index contributed by atoms with van der Waals surface area (Å²) in [5.41, 5.74) is 1.72. The van der Waals surface area contributed by atoms with Crippen LogP contribution < -0.4 is 5.32 Å². The molecule has 1 aromatic rings. The maximum Gasteiger partial charge on any atom is 0.336 e. The Labute approximate surface area is 175 Å². The minimum Gasteiger partial charge on any atom is -0.468 e. The third kappa shape index (κ3) is 3.76. The molecule has 1 N–H and O–H groups in total. The Hall–Kier alpha value is -2.96. The van der Waals surface area contributed by atoms with Crippen molar-refractivity contribution in [1.82, 2.24) is 5.32 Å². The minimum absolute atomic E-state index is 0.179. The van der Waals surface area contributed by atoms with Gasteiger partial charge in [0.2, 0.25) is 0 Å². The van der Waals surface area contributed by atoms with Crippen molar-refractivity contribution in [3.05, 3.63) is 58.2 Å². The summed E-state index contributed by atoms with van der Waals surface area (Å²) in [7, 11) is 1.23. The quantitative estimate of drug-likeness (QED) is 0.586. The number of ether oxygens (including phenoxy) is 2. The van der Waals surface area contributed by atoms with Crippen LogP contribution in [0.4, 0.5) is 4.39 Å². The van der Waals surface area contributed by atoms with E-state index in [0.29, 0.717) is 24.2 Å². The number of ketones is 1. The van der Waals surface area contributed by atoms with Gasteiger partial charge in [0.1, 0.15) is 11.7 Å². The number of esters is 2. The van der Waals surface area contributed by atoms with Crippen LogP contribution in [0.5, 0.6) is 0 Å². The lowest BCUT2D eigenvalue weighted by atomic mass is 9.69. The first-order valence-corrected chi connectivity index (χ1v) is 10.1. The van der Waals surface area contributed by atoms with Crippen molar-refractivity contribution < 1.29 is 28.2 Å². The second-order valence-corrected chi connectivity index (χ2v) is 7.69. The maximum absolute atomic E-state index is 14.9. The smallest absolute Gasteiger partial charge is 0.336 e. The molecule has 7 heteroatoms. The zero-order valence-corrected chi connectivity index (χ0v) is 17.6. The van der Waals surface area contributed by atoms with Gasteiger partial charge in [0, 0.05) is 22.5 Å². The van der Waals surface area contributed by atoms with Gasteiger partial charge in [-0.2, -0.15) is 0 Å². The van der Waals surface area contributed by atoms with E-state index in [1.807, 2.05) is 6.92 Å². The van der Waals surface area contributed by atoms with Gasteiger partial charge in [0.25, 0.3) is 0 Å². The summed E-state index contributed by atoms with van der Waals surface area (Å²) >= 11 is 0. The molecular weight excluding hydrogens is 389 g/mol. The van der Waals surface area contributed by atoms with Crippen molar-refractivity contribution in [3.8, 4) is 0 Å². The Morgan fingerprint density at radius 1 is 1.27 bits per heavy atom. The van der Waals surface area contributed by atoms with Gasteiger partial charge in [-0.05, 0) is 31.7 Å². The summed E-state index contributed by atoms with van der Waals surface area (Å²) in [5.74, 6) is -4.49. The van der Waals surface area contributed by atoms with Gasteiger partial charge in [0.05, 0.1) is 25.2 Å². The largest absolute Gasteiger partial charge is 0.468 e.